The smallest absolute Gasteiger partial charge is 0.341 e. The molecule has 1 aromatic heterocycles. The molecule has 1 aliphatic heterocycles. The average Bonchev–Trinajstić information content (AvgIpc) is 2.81. The molecule has 0 amide bonds. The molecule has 0 aromatic carbocycles. The number of likely N-dealkylation sites (tertiary alicyclic amines) is 1. The lowest BCUT2D eigenvalue weighted by atomic mass is 9.87. The van der Waals surface area contributed by atoms with Gasteiger partial charge in [0.2, 0.25) is 0 Å². The quantitative estimate of drug-likeness (QED) is 0.783. The van der Waals surface area contributed by atoms with Gasteiger partial charge in [-0.15, -0.1) is 0 Å². The van der Waals surface area contributed by atoms with Crippen LogP contribution in [0, 0.1) is 11.8 Å². The van der Waals surface area contributed by atoms with Crippen LogP contribution in [0.1, 0.15) is 49.7 Å². The fourth-order valence-electron chi connectivity index (χ4n) is 3.02. The summed E-state index contributed by atoms with van der Waals surface area (Å²) in [7, 11) is 1.89. The van der Waals surface area contributed by atoms with Gasteiger partial charge in [-0.05, 0) is 44.7 Å². The predicted molar refractivity (Wildman–Crippen MR) is 82.0 cm³/mol. The standard InChI is InChI=1S/C16H27N3O2/c1-5-21-16(20)14-10-17-18(4)15(14)11-19-8-6-13(7-9-19)12(2)3/h10,12-13H,5-9,11H2,1-4H3. The summed E-state index contributed by atoms with van der Waals surface area (Å²) >= 11 is 0. The van der Waals surface area contributed by atoms with Crippen LogP contribution >= 0.6 is 0 Å². The molecule has 1 saturated heterocycles. The molecule has 1 aromatic rings. The highest BCUT2D eigenvalue weighted by Crippen LogP contribution is 2.25. The second-order valence-corrected chi connectivity index (χ2v) is 6.21. The molecule has 0 N–H and O–H groups in total. The molecule has 0 bridgehead atoms. The van der Waals surface area contributed by atoms with E-state index in [2.05, 4.69) is 23.8 Å². The number of esters is 1. The minimum Gasteiger partial charge on any atom is -0.462 e. The van der Waals surface area contributed by atoms with Crippen molar-refractivity contribution in [1.82, 2.24) is 14.7 Å². The largest absolute Gasteiger partial charge is 0.462 e. The Morgan fingerprint density at radius 1 is 1.43 bits per heavy atom. The number of rotatable bonds is 5. The summed E-state index contributed by atoms with van der Waals surface area (Å²) in [5.74, 6) is 1.33. The van der Waals surface area contributed by atoms with Gasteiger partial charge in [0.25, 0.3) is 0 Å². The highest BCUT2D eigenvalue weighted by atomic mass is 16.5. The van der Waals surface area contributed by atoms with Crippen LogP contribution in [0.2, 0.25) is 0 Å². The van der Waals surface area contributed by atoms with Gasteiger partial charge in [-0.1, -0.05) is 13.8 Å². The summed E-state index contributed by atoms with van der Waals surface area (Å²) in [4.78, 5) is 14.4. The number of hydrogen-bond donors (Lipinski definition) is 0. The molecule has 2 rings (SSSR count). The first kappa shape index (κ1) is 16.0. The van der Waals surface area contributed by atoms with Crippen molar-refractivity contribution >= 4 is 5.97 Å². The number of hydrogen-bond acceptors (Lipinski definition) is 4. The van der Waals surface area contributed by atoms with Gasteiger partial charge in [-0.3, -0.25) is 9.58 Å². The number of ether oxygens (including phenoxy) is 1. The van der Waals surface area contributed by atoms with Crippen LogP contribution in [0.3, 0.4) is 0 Å². The molecule has 0 aliphatic carbocycles. The van der Waals surface area contributed by atoms with Gasteiger partial charge >= 0.3 is 5.97 Å². The second-order valence-electron chi connectivity index (χ2n) is 6.21. The Morgan fingerprint density at radius 2 is 2.10 bits per heavy atom. The van der Waals surface area contributed by atoms with E-state index in [1.54, 1.807) is 10.9 Å². The lowest BCUT2D eigenvalue weighted by molar-refractivity contribution is 0.0522. The fraction of sp³-hybridized carbons (Fsp3) is 0.750. The lowest BCUT2D eigenvalue weighted by Crippen LogP contribution is -2.35. The number of aromatic nitrogens is 2. The molecule has 2 heterocycles. The van der Waals surface area contributed by atoms with Gasteiger partial charge in [0.05, 0.1) is 18.5 Å². The Morgan fingerprint density at radius 3 is 2.67 bits per heavy atom. The Hall–Kier alpha value is -1.36. The molecular formula is C16H27N3O2. The van der Waals surface area contributed by atoms with Gasteiger partial charge in [0.1, 0.15) is 5.56 Å². The van der Waals surface area contributed by atoms with Gasteiger partial charge in [-0.2, -0.15) is 5.10 Å². The maximum Gasteiger partial charge on any atom is 0.341 e. The van der Waals surface area contributed by atoms with Crippen molar-refractivity contribution in [3.63, 3.8) is 0 Å². The van der Waals surface area contributed by atoms with E-state index in [1.807, 2.05) is 14.0 Å². The Bertz CT molecular complexity index is 474. The van der Waals surface area contributed by atoms with Crippen LogP contribution < -0.4 is 0 Å². The first-order valence-corrected chi connectivity index (χ1v) is 7.93. The third-order valence-corrected chi connectivity index (χ3v) is 4.51. The van der Waals surface area contributed by atoms with Gasteiger partial charge < -0.3 is 4.74 Å². The molecule has 0 radical (unpaired) electrons. The van der Waals surface area contributed by atoms with Crippen molar-refractivity contribution in [2.75, 3.05) is 19.7 Å². The lowest BCUT2D eigenvalue weighted by Gasteiger charge is -2.33. The van der Waals surface area contributed by atoms with Crippen LogP contribution in [0.4, 0.5) is 0 Å². The maximum atomic E-state index is 12.0. The monoisotopic (exact) mass is 293 g/mol. The van der Waals surface area contributed by atoms with Crippen LogP contribution in [0.5, 0.6) is 0 Å². The Balaban J connectivity index is 2.00. The summed E-state index contributed by atoms with van der Waals surface area (Å²) in [6.07, 6.45) is 4.10. The van der Waals surface area contributed by atoms with Crippen molar-refractivity contribution in [2.24, 2.45) is 18.9 Å². The highest BCUT2D eigenvalue weighted by molar-refractivity contribution is 5.90. The molecule has 0 unspecified atom stereocenters. The zero-order valence-corrected chi connectivity index (χ0v) is 13.6. The summed E-state index contributed by atoms with van der Waals surface area (Å²) in [5.41, 5.74) is 1.56. The SMILES string of the molecule is CCOC(=O)c1cnn(C)c1CN1CCC(C(C)C)CC1. The van der Waals surface area contributed by atoms with Gasteiger partial charge in [0.15, 0.2) is 0 Å². The fourth-order valence-corrected chi connectivity index (χ4v) is 3.02. The first-order valence-electron chi connectivity index (χ1n) is 7.93. The Kier molecular flexibility index (Phi) is 5.39. The van der Waals surface area contributed by atoms with Crippen molar-refractivity contribution in [1.29, 1.82) is 0 Å². The van der Waals surface area contributed by atoms with Gasteiger partial charge in [-0.25, -0.2) is 4.79 Å². The molecule has 5 nitrogen and oxygen atoms in total. The molecule has 0 atom stereocenters. The molecule has 5 heteroatoms. The second kappa shape index (κ2) is 7.07. The summed E-state index contributed by atoms with van der Waals surface area (Å²) < 4.78 is 6.90. The van der Waals surface area contributed by atoms with Crippen LogP contribution in [0.25, 0.3) is 0 Å². The molecule has 118 valence electrons. The summed E-state index contributed by atoms with van der Waals surface area (Å²) in [5, 5.41) is 4.22. The number of carbonyl (C=O) groups is 1. The number of aryl methyl sites for hydroxylation is 1. The molecule has 1 aliphatic rings. The predicted octanol–water partition coefficient (Wildman–Crippen LogP) is 2.46. The van der Waals surface area contributed by atoms with E-state index in [0.29, 0.717) is 12.2 Å². The van der Waals surface area contributed by atoms with Crippen LogP contribution in [-0.4, -0.2) is 40.3 Å². The minimum absolute atomic E-state index is 0.266. The molecule has 1 fully saturated rings. The van der Waals surface area contributed by atoms with E-state index >= 15 is 0 Å². The van der Waals surface area contributed by atoms with E-state index in [0.717, 1.165) is 37.2 Å². The highest BCUT2D eigenvalue weighted by Gasteiger charge is 2.24. The average molecular weight is 293 g/mol. The molecular weight excluding hydrogens is 266 g/mol. The molecule has 0 saturated carbocycles. The third kappa shape index (κ3) is 3.84. The van der Waals surface area contributed by atoms with E-state index in [1.165, 1.54) is 12.8 Å². The summed E-state index contributed by atoms with van der Waals surface area (Å²) in [6, 6.07) is 0. The van der Waals surface area contributed by atoms with Crippen LogP contribution in [0.15, 0.2) is 6.20 Å². The van der Waals surface area contributed by atoms with E-state index < -0.39 is 0 Å². The normalized spacial score (nSPS) is 17.4. The molecule has 21 heavy (non-hydrogen) atoms. The van der Waals surface area contributed by atoms with E-state index in [9.17, 15) is 4.79 Å². The zero-order chi connectivity index (χ0) is 15.4. The number of nitrogens with zero attached hydrogens (tertiary/aromatic N) is 3. The van der Waals surface area contributed by atoms with Crippen molar-refractivity contribution in [3.05, 3.63) is 17.5 Å². The molecule has 0 spiro atoms. The minimum atomic E-state index is -0.266. The first-order chi connectivity index (χ1) is 10.0. The van der Waals surface area contributed by atoms with Crippen molar-refractivity contribution < 1.29 is 9.53 Å². The zero-order valence-electron chi connectivity index (χ0n) is 13.6. The van der Waals surface area contributed by atoms with Crippen LogP contribution in [-0.2, 0) is 18.3 Å². The van der Waals surface area contributed by atoms with Crippen molar-refractivity contribution in [2.45, 2.75) is 40.2 Å². The number of piperidine rings is 1. The Labute approximate surface area is 127 Å². The van der Waals surface area contributed by atoms with E-state index in [-0.39, 0.29) is 5.97 Å². The van der Waals surface area contributed by atoms with Crippen molar-refractivity contribution in [3.8, 4) is 0 Å². The maximum absolute atomic E-state index is 12.0. The number of carbonyl (C=O) groups excluding carboxylic acids is 1. The topological polar surface area (TPSA) is 47.4 Å². The van der Waals surface area contributed by atoms with E-state index in [4.69, 9.17) is 4.74 Å². The summed E-state index contributed by atoms with van der Waals surface area (Å²) in [6.45, 7) is 9.79. The van der Waals surface area contributed by atoms with Gasteiger partial charge in [0, 0.05) is 13.6 Å². The third-order valence-electron chi connectivity index (χ3n) is 4.51.